The molecule has 12 heteroatoms. The van der Waals surface area contributed by atoms with Gasteiger partial charge in [0.15, 0.2) is 0 Å². The molecule has 0 spiro atoms. The molecule has 6 rings (SSSR count). The van der Waals surface area contributed by atoms with Crippen LogP contribution in [0.3, 0.4) is 0 Å². The van der Waals surface area contributed by atoms with Gasteiger partial charge in [-0.3, -0.25) is 23.7 Å². The van der Waals surface area contributed by atoms with Crippen LogP contribution >= 0.6 is 39.0 Å². The largest absolute Gasteiger partial charge is 0.497 e. The minimum atomic E-state index is -0.737. The Morgan fingerprint density at radius 1 is 1.03 bits per heavy atom. The molecule has 3 aliphatic rings. The number of anilines is 1. The van der Waals surface area contributed by atoms with Gasteiger partial charge < -0.3 is 14.4 Å². The Bertz CT molecular complexity index is 1500. The number of morpholine rings is 1. The molecule has 9 nitrogen and oxygen atoms in total. The molecule has 3 atom stereocenters. The van der Waals surface area contributed by atoms with Crippen molar-refractivity contribution < 1.29 is 23.9 Å². The second-order valence-corrected chi connectivity index (χ2v) is 12.5. The summed E-state index contributed by atoms with van der Waals surface area (Å²) in [6, 6.07) is 14.4. The first-order valence-corrected chi connectivity index (χ1v) is 14.9. The number of fused-ring (bicyclic) bond motifs is 2. The Kier molecular flexibility index (Phi) is 7.13. The highest BCUT2D eigenvalue weighted by atomic mass is 79.9. The standard InChI is InChI=1S/C27H24BrN3O6S2/c1-36-18-8-6-17(7-9-18)31-24(33)21-20(15-2-4-16(28)5-3-15)23-26(38-22(21)25(31)34)30(27(35)39-23)14-19(32)29-10-12-37-13-11-29/h2-9,20-22H,10-14H2,1H3/t20-,21?,22?/m1/s1. The van der Waals surface area contributed by atoms with Crippen molar-refractivity contribution in [2.24, 2.45) is 5.92 Å². The number of amides is 3. The highest BCUT2D eigenvalue weighted by Crippen LogP contribution is 2.54. The van der Waals surface area contributed by atoms with E-state index in [1.165, 1.54) is 21.2 Å². The number of carbonyl (C=O) groups excluding carboxylic acids is 3. The van der Waals surface area contributed by atoms with Crippen molar-refractivity contribution in [2.45, 2.75) is 22.7 Å². The maximum atomic E-state index is 13.9. The smallest absolute Gasteiger partial charge is 0.308 e. The van der Waals surface area contributed by atoms with Crippen LogP contribution in [-0.4, -0.2) is 65.9 Å². The summed E-state index contributed by atoms with van der Waals surface area (Å²) >= 11 is 5.73. The molecule has 0 bridgehead atoms. The SMILES string of the molecule is COc1ccc(N2C(=O)C3Sc4c(sc(=O)n4CC(=O)N4CCOCC4)[C@H](c4ccc(Br)cc4)C3C2=O)cc1. The molecule has 2 aromatic carbocycles. The third kappa shape index (κ3) is 4.62. The van der Waals surface area contributed by atoms with E-state index in [1.807, 2.05) is 24.3 Å². The molecule has 1 aromatic heterocycles. The van der Waals surface area contributed by atoms with Crippen LogP contribution in [0.15, 0.2) is 62.8 Å². The summed E-state index contributed by atoms with van der Waals surface area (Å²) < 4.78 is 12.9. The Balaban J connectivity index is 1.42. The zero-order valence-electron chi connectivity index (χ0n) is 20.9. The number of halogens is 1. The maximum Gasteiger partial charge on any atom is 0.308 e. The molecule has 0 aliphatic carbocycles. The van der Waals surface area contributed by atoms with Crippen molar-refractivity contribution in [3.05, 3.63) is 73.1 Å². The molecule has 39 heavy (non-hydrogen) atoms. The van der Waals surface area contributed by atoms with E-state index in [0.717, 1.165) is 21.4 Å². The van der Waals surface area contributed by atoms with Crippen molar-refractivity contribution >= 4 is 62.4 Å². The number of carbonyl (C=O) groups is 3. The summed E-state index contributed by atoms with van der Waals surface area (Å²) in [7, 11) is 1.55. The first-order valence-electron chi connectivity index (χ1n) is 12.4. The van der Waals surface area contributed by atoms with Crippen LogP contribution in [0, 0.1) is 5.92 Å². The average molecular weight is 631 g/mol. The number of hydrogen-bond donors (Lipinski definition) is 0. The van der Waals surface area contributed by atoms with Crippen LogP contribution in [0.5, 0.6) is 5.75 Å². The summed E-state index contributed by atoms with van der Waals surface area (Å²) in [5.41, 5.74) is 1.30. The zero-order valence-corrected chi connectivity index (χ0v) is 24.1. The number of rotatable bonds is 5. The summed E-state index contributed by atoms with van der Waals surface area (Å²) in [5, 5.41) is -0.155. The minimum Gasteiger partial charge on any atom is -0.497 e. The second-order valence-electron chi connectivity index (χ2n) is 9.42. The number of thioether (sulfide) groups is 1. The quantitative estimate of drug-likeness (QED) is 0.399. The van der Waals surface area contributed by atoms with Gasteiger partial charge in [-0.05, 0) is 42.0 Å². The molecule has 202 valence electrons. The number of thiazole rings is 1. The fraction of sp³-hybridized carbons (Fsp3) is 0.333. The van der Waals surface area contributed by atoms with Crippen molar-refractivity contribution in [2.75, 3.05) is 38.3 Å². The lowest BCUT2D eigenvalue weighted by Crippen LogP contribution is -2.43. The Hall–Kier alpha value is -2.93. The molecule has 2 unspecified atom stereocenters. The lowest BCUT2D eigenvalue weighted by molar-refractivity contribution is -0.136. The number of imide groups is 1. The van der Waals surface area contributed by atoms with Crippen LogP contribution < -0.4 is 14.5 Å². The Labute approximate surface area is 240 Å². The van der Waals surface area contributed by atoms with E-state index in [0.29, 0.717) is 47.6 Å². The first kappa shape index (κ1) is 26.3. The number of ether oxygens (including phenoxy) is 2. The van der Waals surface area contributed by atoms with Gasteiger partial charge >= 0.3 is 4.87 Å². The van der Waals surface area contributed by atoms with E-state index < -0.39 is 17.1 Å². The van der Waals surface area contributed by atoms with Crippen molar-refractivity contribution in [3.8, 4) is 5.75 Å². The van der Waals surface area contributed by atoms with Gasteiger partial charge in [-0.2, -0.15) is 0 Å². The molecule has 3 amide bonds. The van der Waals surface area contributed by atoms with E-state index in [2.05, 4.69) is 15.9 Å². The van der Waals surface area contributed by atoms with Gasteiger partial charge in [0.25, 0.3) is 0 Å². The van der Waals surface area contributed by atoms with Gasteiger partial charge in [0, 0.05) is 28.4 Å². The van der Waals surface area contributed by atoms with Gasteiger partial charge in [-0.15, -0.1) is 0 Å². The zero-order chi connectivity index (χ0) is 27.3. The van der Waals surface area contributed by atoms with E-state index in [-0.39, 0.29) is 29.1 Å². The van der Waals surface area contributed by atoms with Gasteiger partial charge in [0.05, 0.1) is 37.0 Å². The van der Waals surface area contributed by atoms with Crippen LogP contribution in [0.4, 0.5) is 5.69 Å². The normalized spacial score (nSPS) is 22.6. The minimum absolute atomic E-state index is 0.119. The number of aromatic nitrogens is 1. The first-order chi connectivity index (χ1) is 18.9. The van der Waals surface area contributed by atoms with E-state index >= 15 is 0 Å². The molecular formula is C27H24BrN3O6S2. The summed E-state index contributed by atoms with van der Waals surface area (Å²) in [4.78, 5) is 57.5. The fourth-order valence-electron chi connectivity index (χ4n) is 5.32. The monoisotopic (exact) mass is 629 g/mol. The molecule has 3 aliphatic heterocycles. The molecule has 2 saturated heterocycles. The van der Waals surface area contributed by atoms with Crippen LogP contribution in [0.2, 0.25) is 0 Å². The second kappa shape index (κ2) is 10.6. The lowest BCUT2D eigenvalue weighted by Gasteiger charge is -2.31. The Morgan fingerprint density at radius 2 is 1.72 bits per heavy atom. The summed E-state index contributed by atoms with van der Waals surface area (Å²) in [5.74, 6) is -1.39. The van der Waals surface area contributed by atoms with Gasteiger partial charge in [0.1, 0.15) is 17.5 Å². The summed E-state index contributed by atoms with van der Waals surface area (Å²) in [6.07, 6.45) is 0. The third-order valence-electron chi connectivity index (χ3n) is 7.27. The predicted octanol–water partition coefficient (Wildman–Crippen LogP) is 3.34. The fourth-order valence-corrected chi connectivity index (χ4v) is 8.36. The predicted molar refractivity (Wildman–Crippen MR) is 151 cm³/mol. The summed E-state index contributed by atoms with van der Waals surface area (Å²) in [6.45, 7) is 1.76. The van der Waals surface area contributed by atoms with Crippen molar-refractivity contribution in [1.29, 1.82) is 0 Å². The topological polar surface area (TPSA) is 98.2 Å². The molecule has 0 radical (unpaired) electrons. The van der Waals surface area contributed by atoms with Crippen LogP contribution in [0.1, 0.15) is 16.4 Å². The number of benzene rings is 2. The number of methoxy groups -OCH3 is 1. The number of hydrogen-bond acceptors (Lipinski definition) is 8. The highest BCUT2D eigenvalue weighted by molar-refractivity contribution is 9.10. The van der Waals surface area contributed by atoms with Crippen molar-refractivity contribution in [3.63, 3.8) is 0 Å². The molecule has 3 aromatic rings. The lowest BCUT2D eigenvalue weighted by atomic mass is 9.83. The molecule has 0 N–H and O–H groups in total. The van der Waals surface area contributed by atoms with Gasteiger partial charge in [-0.1, -0.05) is 51.2 Å². The van der Waals surface area contributed by atoms with E-state index in [4.69, 9.17) is 9.47 Å². The van der Waals surface area contributed by atoms with Crippen LogP contribution in [-0.2, 0) is 25.7 Å². The molecule has 0 saturated carbocycles. The Morgan fingerprint density at radius 3 is 2.38 bits per heavy atom. The maximum absolute atomic E-state index is 13.9. The third-order valence-corrected chi connectivity index (χ3v) is 10.4. The molecule has 2 fully saturated rings. The van der Waals surface area contributed by atoms with Crippen molar-refractivity contribution in [1.82, 2.24) is 9.47 Å². The van der Waals surface area contributed by atoms with Gasteiger partial charge in [0.2, 0.25) is 17.7 Å². The average Bonchev–Trinajstić information content (AvgIpc) is 3.40. The molecule has 4 heterocycles. The van der Waals surface area contributed by atoms with E-state index in [1.54, 1.807) is 36.3 Å². The molecular weight excluding hydrogens is 606 g/mol. The number of nitrogens with zero attached hydrogens (tertiary/aromatic N) is 3. The van der Waals surface area contributed by atoms with Crippen LogP contribution in [0.25, 0.3) is 0 Å². The highest BCUT2D eigenvalue weighted by Gasteiger charge is 2.56. The van der Waals surface area contributed by atoms with Gasteiger partial charge in [-0.25, -0.2) is 4.90 Å². The van der Waals surface area contributed by atoms with E-state index in [9.17, 15) is 19.2 Å².